The van der Waals surface area contributed by atoms with Crippen molar-refractivity contribution in [3.05, 3.63) is 82.4 Å². The molecule has 3 heterocycles. The number of furan rings is 1. The standard InChI is InChI=1S/C22H18N2O5S/c1-13-11-18(24-20(25)17-9-6-10-27-17)30-19(13)22(26)28-12-16-14(2)29-21(23-16)15-7-4-3-5-8-15/h3-11H,12H2,1-2H3,(H,24,25). The molecule has 0 aliphatic heterocycles. The number of ether oxygens (including phenoxy) is 1. The highest BCUT2D eigenvalue weighted by Crippen LogP contribution is 2.28. The number of aromatic nitrogens is 1. The molecule has 0 atom stereocenters. The van der Waals surface area contributed by atoms with Gasteiger partial charge < -0.3 is 18.9 Å². The second-order valence-corrected chi connectivity index (χ2v) is 7.57. The van der Waals surface area contributed by atoms with Crippen LogP contribution in [-0.2, 0) is 11.3 Å². The van der Waals surface area contributed by atoms with Crippen LogP contribution in [0.25, 0.3) is 11.5 Å². The second-order valence-electron chi connectivity index (χ2n) is 6.52. The van der Waals surface area contributed by atoms with Gasteiger partial charge in [-0.25, -0.2) is 9.78 Å². The van der Waals surface area contributed by atoms with Gasteiger partial charge in [-0.3, -0.25) is 4.79 Å². The van der Waals surface area contributed by atoms with E-state index in [9.17, 15) is 9.59 Å². The predicted octanol–water partition coefficient (Wildman–Crippen LogP) is 5.22. The molecule has 8 heteroatoms. The summed E-state index contributed by atoms with van der Waals surface area (Å²) in [6, 6.07) is 14.4. The first-order valence-electron chi connectivity index (χ1n) is 9.15. The van der Waals surface area contributed by atoms with Crippen molar-refractivity contribution in [2.24, 2.45) is 0 Å². The van der Waals surface area contributed by atoms with Crippen LogP contribution in [0.5, 0.6) is 0 Å². The lowest BCUT2D eigenvalue weighted by molar-refractivity contribution is 0.0472. The molecule has 4 rings (SSSR count). The van der Waals surface area contributed by atoms with E-state index in [-0.39, 0.29) is 18.3 Å². The first kappa shape index (κ1) is 19.7. The van der Waals surface area contributed by atoms with Crippen LogP contribution in [0.15, 0.2) is 63.6 Å². The fraction of sp³-hybridized carbons (Fsp3) is 0.136. The van der Waals surface area contributed by atoms with E-state index in [1.165, 1.54) is 6.26 Å². The van der Waals surface area contributed by atoms with Crippen LogP contribution in [0.2, 0.25) is 0 Å². The highest BCUT2D eigenvalue weighted by molar-refractivity contribution is 7.18. The number of hydrogen-bond acceptors (Lipinski definition) is 7. The van der Waals surface area contributed by atoms with Gasteiger partial charge in [-0.15, -0.1) is 11.3 Å². The summed E-state index contributed by atoms with van der Waals surface area (Å²) in [5, 5.41) is 3.25. The van der Waals surface area contributed by atoms with Crippen molar-refractivity contribution in [1.29, 1.82) is 0 Å². The van der Waals surface area contributed by atoms with Crippen molar-refractivity contribution >= 4 is 28.2 Å². The number of rotatable bonds is 6. The summed E-state index contributed by atoms with van der Waals surface area (Å²) >= 11 is 1.14. The topological polar surface area (TPSA) is 94.6 Å². The molecule has 1 amide bonds. The summed E-state index contributed by atoms with van der Waals surface area (Å²) in [7, 11) is 0. The molecule has 0 unspecified atom stereocenters. The Balaban J connectivity index is 1.42. The van der Waals surface area contributed by atoms with E-state index in [0.29, 0.717) is 32.8 Å². The van der Waals surface area contributed by atoms with Crippen molar-refractivity contribution in [1.82, 2.24) is 4.98 Å². The van der Waals surface area contributed by atoms with E-state index in [4.69, 9.17) is 13.6 Å². The zero-order valence-corrected chi connectivity index (χ0v) is 17.1. The third-order valence-corrected chi connectivity index (χ3v) is 5.47. The molecule has 0 aliphatic carbocycles. The van der Waals surface area contributed by atoms with Crippen molar-refractivity contribution < 1.29 is 23.2 Å². The Kier molecular flexibility index (Phi) is 5.49. The Hall–Kier alpha value is -3.65. The molecule has 0 saturated heterocycles. The molecule has 1 aromatic carbocycles. The number of carbonyl (C=O) groups excluding carboxylic acids is 2. The number of nitrogens with one attached hydrogen (secondary N) is 1. The summed E-state index contributed by atoms with van der Waals surface area (Å²) < 4.78 is 16.2. The van der Waals surface area contributed by atoms with Crippen molar-refractivity contribution in [3.8, 4) is 11.5 Å². The lowest BCUT2D eigenvalue weighted by Gasteiger charge is -2.02. The maximum atomic E-state index is 12.6. The van der Waals surface area contributed by atoms with E-state index in [0.717, 1.165) is 16.9 Å². The Morgan fingerprint density at radius 2 is 1.93 bits per heavy atom. The van der Waals surface area contributed by atoms with Gasteiger partial charge in [0.05, 0.1) is 11.3 Å². The van der Waals surface area contributed by atoms with Gasteiger partial charge in [0.1, 0.15) is 22.9 Å². The zero-order valence-electron chi connectivity index (χ0n) is 16.3. The number of aryl methyl sites for hydroxylation is 2. The smallest absolute Gasteiger partial charge is 0.349 e. The number of carbonyl (C=O) groups is 2. The van der Waals surface area contributed by atoms with Crippen LogP contribution in [-0.4, -0.2) is 16.9 Å². The number of hydrogen-bond donors (Lipinski definition) is 1. The average Bonchev–Trinajstić information content (AvgIpc) is 3.47. The van der Waals surface area contributed by atoms with Gasteiger partial charge in [-0.05, 0) is 49.7 Å². The number of oxazole rings is 1. The van der Waals surface area contributed by atoms with Crippen molar-refractivity contribution in [2.75, 3.05) is 5.32 Å². The molecule has 0 spiro atoms. The minimum absolute atomic E-state index is 0.00751. The maximum absolute atomic E-state index is 12.6. The fourth-order valence-corrected chi connectivity index (χ4v) is 3.75. The number of nitrogens with zero attached hydrogens (tertiary/aromatic N) is 1. The van der Waals surface area contributed by atoms with Crippen LogP contribution in [0.4, 0.5) is 5.00 Å². The molecule has 4 aromatic rings. The van der Waals surface area contributed by atoms with Gasteiger partial charge in [0.2, 0.25) is 5.89 Å². The normalized spacial score (nSPS) is 10.7. The first-order valence-corrected chi connectivity index (χ1v) is 9.97. The highest BCUT2D eigenvalue weighted by Gasteiger charge is 2.19. The fourth-order valence-electron chi connectivity index (χ4n) is 2.79. The molecular formula is C22H18N2O5S. The third kappa shape index (κ3) is 4.18. The summed E-state index contributed by atoms with van der Waals surface area (Å²) in [5.74, 6) is 0.402. The van der Waals surface area contributed by atoms with Crippen LogP contribution in [0, 0.1) is 13.8 Å². The molecule has 152 valence electrons. The van der Waals surface area contributed by atoms with Crippen molar-refractivity contribution in [3.63, 3.8) is 0 Å². The quantitative estimate of drug-likeness (QED) is 0.428. The largest absolute Gasteiger partial charge is 0.459 e. The molecular weight excluding hydrogens is 404 g/mol. The Morgan fingerprint density at radius 3 is 2.67 bits per heavy atom. The van der Waals surface area contributed by atoms with E-state index in [1.807, 2.05) is 30.3 Å². The number of esters is 1. The summed E-state index contributed by atoms with van der Waals surface area (Å²) in [6.45, 7) is 3.55. The summed E-state index contributed by atoms with van der Waals surface area (Å²) in [4.78, 5) is 29.5. The van der Waals surface area contributed by atoms with Gasteiger partial charge in [0.15, 0.2) is 5.76 Å². The van der Waals surface area contributed by atoms with Gasteiger partial charge in [0.25, 0.3) is 5.91 Å². The van der Waals surface area contributed by atoms with E-state index < -0.39 is 5.97 Å². The van der Waals surface area contributed by atoms with Crippen LogP contribution < -0.4 is 5.32 Å². The SMILES string of the molecule is Cc1cc(NC(=O)c2ccco2)sc1C(=O)OCc1nc(-c2ccccc2)oc1C. The molecule has 0 saturated carbocycles. The maximum Gasteiger partial charge on any atom is 0.349 e. The van der Waals surface area contributed by atoms with Gasteiger partial charge >= 0.3 is 5.97 Å². The predicted molar refractivity (Wildman–Crippen MR) is 112 cm³/mol. The molecule has 30 heavy (non-hydrogen) atoms. The van der Waals surface area contributed by atoms with Gasteiger partial charge in [0, 0.05) is 5.56 Å². The van der Waals surface area contributed by atoms with Gasteiger partial charge in [-0.2, -0.15) is 0 Å². The van der Waals surface area contributed by atoms with Crippen LogP contribution >= 0.6 is 11.3 Å². The average molecular weight is 422 g/mol. The number of amides is 1. The Bertz CT molecular complexity index is 1180. The van der Waals surface area contributed by atoms with Crippen molar-refractivity contribution in [2.45, 2.75) is 20.5 Å². The third-order valence-electron chi connectivity index (χ3n) is 4.34. The first-order chi connectivity index (χ1) is 14.5. The number of benzene rings is 1. The Labute approximate surface area is 176 Å². The minimum Gasteiger partial charge on any atom is -0.459 e. The number of thiophene rings is 1. The Morgan fingerprint density at radius 1 is 1.13 bits per heavy atom. The van der Waals surface area contributed by atoms with E-state index in [2.05, 4.69) is 10.3 Å². The zero-order chi connectivity index (χ0) is 21.1. The molecule has 0 fully saturated rings. The van der Waals surface area contributed by atoms with Crippen LogP contribution in [0.3, 0.4) is 0 Å². The lowest BCUT2D eigenvalue weighted by Crippen LogP contribution is -2.09. The second kappa shape index (κ2) is 8.38. The molecule has 7 nitrogen and oxygen atoms in total. The monoisotopic (exact) mass is 422 g/mol. The van der Waals surface area contributed by atoms with E-state index in [1.54, 1.807) is 32.0 Å². The molecule has 0 radical (unpaired) electrons. The highest BCUT2D eigenvalue weighted by atomic mass is 32.1. The molecule has 0 aliphatic rings. The summed E-state index contributed by atoms with van der Waals surface area (Å²) in [5.41, 5.74) is 2.12. The van der Waals surface area contributed by atoms with E-state index >= 15 is 0 Å². The molecule has 3 aromatic heterocycles. The minimum atomic E-state index is -0.486. The number of anilines is 1. The molecule has 1 N–H and O–H groups in total. The molecule has 0 bridgehead atoms. The lowest BCUT2D eigenvalue weighted by atomic mass is 10.2. The van der Waals surface area contributed by atoms with Crippen LogP contribution in [0.1, 0.15) is 37.2 Å². The summed E-state index contributed by atoms with van der Waals surface area (Å²) in [6.07, 6.45) is 1.42. The van der Waals surface area contributed by atoms with Gasteiger partial charge in [-0.1, -0.05) is 18.2 Å².